The van der Waals surface area contributed by atoms with Gasteiger partial charge in [-0.2, -0.15) is 0 Å². The predicted octanol–water partition coefficient (Wildman–Crippen LogP) is 2.89. The minimum absolute atomic E-state index is 0. The van der Waals surface area contributed by atoms with Crippen LogP contribution in [0.25, 0.3) is 0 Å². The maximum Gasteiger partial charge on any atom is 0.194 e. The van der Waals surface area contributed by atoms with Gasteiger partial charge in [-0.3, -0.25) is 0 Å². The van der Waals surface area contributed by atoms with Gasteiger partial charge in [-0.1, -0.05) is 24.1 Å². The zero-order valence-electron chi connectivity index (χ0n) is 15.8. The van der Waals surface area contributed by atoms with Gasteiger partial charge < -0.3 is 19.7 Å². The summed E-state index contributed by atoms with van der Waals surface area (Å²) in [5.41, 5.74) is 1.06. The number of rotatable bonds is 5. The Morgan fingerprint density at radius 2 is 2.00 bits per heavy atom. The Hall–Kier alpha value is -1.46. The summed E-state index contributed by atoms with van der Waals surface area (Å²) in [5, 5.41) is 3.46. The lowest BCUT2D eigenvalue weighted by Gasteiger charge is -2.23. The zero-order chi connectivity index (χ0) is 17.9. The van der Waals surface area contributed by atoms with E-state index in [1.807, 2.05) is 24.3 Å². The van der Waals surface area contributed by atoms with Crippen LogP contribution in [0.3, 0.4) is 0 Å². The van der Waals surface area contributed by atoms with Crippen molar-refractivity contribution in [2.24, 2.45) is 16.8 Å². The van der Waals surface area contributed by atoms with Crippen molar-refractivity contribution in [3.8, 4) is 18.1 Å². The third-order valence-electron chi connectivity index (χ3n) is 5.77. The van der Waals surface area contributed by atoms with Crippen molar-refractivity contribution < 1.29 is 9.47 Å². The van der Waals surface area contributed by atoms with E-state index in [4.69, 9.17) is 20.9 Å². The molecule has 4 atom stereocenters. The second-order valence-corrected chi connectivity index (χ2v) is 7.29. The van der Waals surface area contributed by atoms with E-state index in [2.05, 4.69) is 23.1 Å². The van der Waals surface area contributed by atoms with Crippen LogP contribution in [0.5, 0.6) is 5.75 Å². The number of guanidine groups is 1. The first-order valence-electron chi connectivity index (χ1n) is 9.63. The SMILES string of the molecule is C#CCOc1ccccc1CN=C(NCC)N1CC2C3CCC(O3)C2C1.I. The fourth-order valence-electron chi connectivity index (χ4n) is 4.61. The highest BCUT2D eigenvalue weighted by Crippen LogP contribution is 2.47. The van der Waals surface area contributed by atoms with E-state index in [1.54, 1.807) is 0 Å². The molecule has 6 heteroatoms. The first kappa shape index (κ1) is 20.3. The molecule has 27 heavy (non-hydrogen) atoms. The van der Waals surface area contributed by atoms with E-state index in [9.17, 15) is 0 Å². The molecule has 4 unspecified atom stereocenters. The van der Waals surface area contributed by atoms with Crippen molar-refractivity contribution in [1.82, 2.24) is 10.2 Å². The number of fused-ring (bicyclic) bond motifs is 5. The van der Waals surface area contributed by atoms with Crippen LogP contribution in [0.4, 0.5) is 0 Å². The van der Waals surface area contributed by atoms with Crippen LogP contribution in [-0.4, -0.2) is 49.3 Å². The molecule has 0 saturated carbocycles. The molecule has 0 radical (unpaired) electrons. The standard InChI is InChI=1S/C21H27N3O2.HI/c1-3-11-25-18-8-6-5-7-15(18)12-23-21(22-4-2)24-13-16-17(14-24)20-10-9-19(16)26-20;/h1,5-8,16-17,19-20H,4,9-14H2,2H3,(H,22,23);1H. The maximum absolute atomic E-state index is 6.09. The Morgan fingerprint density at radius 1 is 1.30 bits per heavy atom. The van der Waals surface area contributed by atoms with Gasteiger partial charge in [0, 0.05) is 37.0 Å². The van der Waals surface area contributed by atoms with Gasteiger partial charge in [-0.05, 0) is 25.8 Å². The summed E-state index contributed by atoms with van der Waals surface area (Å²) < 4.78 is 11.7. The average Bonchev–Trinajstić information content (AvgIpc) is 3.37. The van der Waals surface area contributed by atoms with E-state index >= 15 is 0 Å². The van der Waals surface area contributed by atoms with Gasteiger partial charge in [0.25, 0.3) is 0 Å². The van der Waals surface area contributed by atoms with Gasteiger partial charge in [-0.25, -0.2) is 4.99 Å². The minimum atomic E-state index is 0. The third-order valence-corrected chi connectivity index (χ3v) is 5.77. The highest BCUT2D eigenvalue weighted by molar-refractivity contribution is 14.0. The van der Waals surface area contributed by atoms with Crippen LogP contribution >= 0.6 is 24.0 Å². The normalized spacial score (nSPS) is 28.4. The number of hydrogen-bond donors (Lipinski definition) is 1. The number of likely N-dealkylation sites (tertiary alicyclic amines) is 1. The molecule has 1 N–H and O–H groups in total. The summed E-state index contributed by atoms with van der Waals surface area (Å²) in [6.07, 6.45) is 8.71. The molecule has 0 aliphatic carbocycles. The molecule has 4 rings (SSSR count). The Labute approximate surface area is 178 Å². The van der Waals surface area contributed by atoms with Crippen LogP contribution in [-0.2, 0) is 11.3 Å². The van der Waals surface area contributed by atoms with E-state index in [0.29, 0.717) is 30.6 Å². The van der Waals surface area contributed by atoms with Crippen LogP contribution in [0.1, 0.15) is 25.3 Å². The molecule has 0 amide bonds. The largest absolute Gasteiger partial charge is 0.481 e. The van der Waals surface area contributed by atoms with Gasteiger partial charge >= 0.3 is 0 Å². The molecule has 5 nitrogen and oxygen atoms in total. The highest BCUT2D eigenvalue weighted by Gasteiger charge is 2.53. The van der Waals surface area contributed by atoms with Gasteiger partial charge in [0.1, 0.15) is 12.4 Å². The number of aliphatic imine (C=N–C) groups is 1. The van der Waals surface area contributed by atoms with Crippen LogP contribution < -0.4 is 10.1 Å². The zero-order valence-corrected chi connectivity index (χ0v) is 18.1. The summed E-state index contributed by atoms with van der Waals surface area (Å²) in [6.45, 7) is 5.93. The van der Waals surface area contributed by atoms with Crippen LogP contribution in [0.15, 0.2) is 29.3 Å². The lowest BCUT2D eigenvalue weighted by atomic mass is 9.82. The smallest absolute Gasteiger partial charge is 0.194 e. The van der Waals surface area contributed by atoms with E-state index in [0.717, 1.165) is 36.9 Å². The van der Waals surface area contributed by atoms with Crippen LogP contribution in [0.2, 0.25) is 0 Å². The predicted molar refractivity (Wildman–Crippen MR) is 117 cm³/mol. The average molecular weight is 481 g/mol. The molecule has 3 aliphatic heterocycles. The molecule has 3 fully saturated rings. The molecule has 3 heterocycles. The maximum atomic E-state index is 6.09. The van der Waals surface area contributed by atoms with Gasteiger partial charge in [0.05, 0.1) is 18.8 Å². The fraction of sp³-hybridized carbons (Fsp3) is 0.571. The van der Waals surface area contributed by atoms with Crippen molar-refractivity contribution in [2.45, 2.75) is 38.5 Å². The number of nitrogens with zero attached hydrogens (tertiary/aromatic N) is 2. The lowest BCUT2D eigenvalue weighted by molar-refractivity contribution is 0.0767. The Kier molecular flexibility index (Phi) is 6.88. The number of para-hydroxylation sites is 1. The molecule has 1 aromatic carbocycles. The molecule has 2 bridgehead atoms. The lowest BCUT2D eigenvalue weighted by Crippen LogP contribution is -2.41. The quantitative estimate of drug-likeness (QED) is 0.304. The highest BCUT2D eigenvalue weighted by atomic mass is 127. The summed E-state index contributed by atoms with van der Waals surface area (Å²) in [7, 11) is 0. The van der Waals surface area contributed by atoms with Crippen molar-refractivity contribution in [3.63, 3.8) is 0 Å². The number of terminal acetylenes is 1. The first-order chi connectivity index (χ1) is 12.8. The summed E-state index contributed by atoms with van der Waals surface area (Å²) >= 11 is 0. The Balaban J connectivity index is 0.00000210. The fourth-order valence-corrected chi connectivity index (χ4v) is 4.61. The Morgan fingerprint density at radius 3 is 2.67 bits per heavy atom. The number of benzene rings is 1. The molecular formula is C21H28IN3O2. The number of hydrogen-bond acceptors (Lipinski definition) is 3. The number of ether oxygens (including phenoxy) is 2. The molecule has 3 aliphatic rings. The van der Waals surface area contributed by atoms with Crippen molar-refractivity contribution in [3.05, 3.63) is 29.8 Å². The van der Waals surface area contributed by atoms with E-state index < -0.39 is 0 Å². The molecule has 0 spiro atoms. The van der Waals surface area contributed by atoms with E-state index in [-0.39, 0.29) is 30.6 Å². The van der Waals surface area contributed by atoms with Crippen molar-refractivity contribution >= 4 is 29.9 Å². The number of nitrogens with one attached hydrogen (secondary N) is 1. The summed E-state index contributed by atoms with van der Waals surface area (Å²) in [5.74, 6) is 5.67. The second kappa shape index (κ2) is 9.16. The molecule has 0 aromatic heterocycles. The summed E-state index contributed by atoms with van der Waals surface area (Å²) in [4.78, 5) is 7.31. The number of halogens is 1. The van der Waals surface area contributed by atoms with Gasteiger partial charge in [-0.15, -0.1) is 30.4 Å². The van der Waals surface area contributed by atoms with E-state index in [1.165, 1.54) is 12.8 Å². The molecule has 146 valence electrons. The van der Waals surface area contributed by atoms with Crippen LogP contribution in [0, 0.1) is 24.2 Å². The molecular weight excluding hydrogens is 453 g/mol. The molecule has 3 saturated heterocycles. The summed E-state index contributed by atoms with van der Waals surface area (Å²) in [6, 6.07) is 7.97. The first-order valence-corrected chi connectivity index (χ1v) is 9.63. The third kappa shape index (κ3) is 4.19. The van der Waals surface area contributed by atoms with Crippen molar-refractivity contribution in [2.75, 3.05) is 26.2 Å². The molecule has 1 aromatic rings. The van der Waals surface area contributed by atoms with Crippen molar-refractivity contribution in [1.29, 1.82) is 0 Å². The topological polar surface area (TPSA) is 46.1 Å². The monoisotopic (exact) mass is 481 g/mol. The minimum Gasteiger partial charge on any atom is -0.481 e. The Bertz CT molecular complexity index is 700. The van der Waals surface area contributed by atoms with Gasteiger partial charge in [0.2, 0.25) is 0 Å². The van der Waals surface area contributed by atoms with Gasteiger partial charge in [0.15, 0.2) is 5.96 Å². The second-order valence-electron chi connectivity index (χ2n) is 7.29.